The van der Waals surface area contributed by atoms with Gasteiger partial charge in [-0.05, 0) is 79.7 Å². The Labute approximate surface area is 231 Å². The number of carbonyl (C=O) groups is 2. The molecule has 1 N–H and O–H groups in total. The van der Waals surface area contributed by atoms with Crippen molar-refractivity contribution in [2.45, 2.75) is 66.5 Å². The normalized spacial score (nSPS) is 27.7. The molecule has 0 amide bonds. The average molecular weight is 540 g/mol. The molecule has 0 radical (unpaired) electrons. The van der Waals surface area contributed by atoms with Crippen LogP contribution in [-0.4, -0.2) is 30.6 Å². The van der Waals surface area contributed by atoms with Crippen molar-refractivity contribution in [2.24, 2.45) is 10.8 Å². The van der Waals surface area contributed by atoms with Gasteiger partial charge in [0, 0.05) is 11.3 Å². The van der Waals surface area contributed by atoms with Crippen molar-refractivity contribution in [3.05, 3.63) is 103 Å². The van der Waals surface area contributed by atoms with Gasteiger partial charge in [0.1, 0.15) is 5.75 Å². The zero-order valence-corrected chi connectivity index (χ0v) is 23.6. The van der Waals surface area contributed by atoms with E-state index >= 15 is 0 Å². The first-order valence-corrected chi connectivity index (χ1v) is 13.6. The molecule has 2 heterocycles. The van der Waals surface area contributed by atoms with Crippen LogP contribution in [0.2, 0.25) is 0 Å². The molecular formula is C32H33N3O5. The summed E-state index contributed by atoms with van der Waals surface area (Å²) in [5.41, 5.74) is 1.14. The van der Waals surface area contributed by atoms with Crippen molar-refractivity contribution in [1.29, 1.82) is 0 Å². The van der Waals surface area contributed by atoms with Gasteiger partial charge in [0.15, 0.2) is 11.6 Å². The van der Waals surface area contributed by atoms with Crippen LogP contribution in [0.25, 0.3) is 5.69 Å². The number of ketones is 2. The lowest BCUT2D eigenvalue weighted by atomic mass is 9.43. The molecule has 0 saturated heterocycles. The minimum Gasteiger partial charge on any atom is -0.507 e. The number of fused-ring (bicyclic) bond motifs is 4. The Balaban J connectivity index is 1.66. The largest absolute Gasteiger partial charge is 0.507 e. The fourth-order valence-electron chi connectivity index (χ4n) is 7.53. The Morgan fingerprint density at radius 2 is 1.45 bits per heavy atom. The van der Waals surface area contributed by atoms with Crippen molar-refractivity contribution in [3.8, 4) is 11.4 Å². The van der Waals surface area contributed by atoms with Gasteiger partial charge in [-0.2, -0.15) is 0 Å². The Bertz CT molecular complexity index is 1800. The van der Waals surface area contributed by atoms with Gasteiger partial charge in [-0.25, -0.2) is 23.5 Å². The van der Waals surface area contributed by atoms with Crippen LogP contribution in [0.3, 0.4) is 0 Å². The van der Waals surface area contributed by atoms with E-state index in [0.717, 1.165) is 11.1 Å². The van der Waals surface area contributed by atoms with E-state index in [9.17, 15) is 24.3 Å². The highest BCUT2D eigenvalue weighted by Crippen LogP contribution is 2.66. The summed E-state index contributed by atoms with van der Waals surface area (Å²) >= 11 is 0. The molecule has 8 nitrogen and oxygen atoms in total. The molecule has 3 aliphatic rings. The highest BCUT2D eigenvalue weighted by molar-refractivity contribution is 6.17. The van der Waals surface area contributed by atoms with E-state index in [1.165, 1.54) is 13.9 Å². The maximum absolute atomic E-state index is 14.3. The lowest BCUT2D eigenvalue weighted by Crippen LogP contribution is -2.61. The Kier molecular flexibility index (Phi) is 5.47. The number of hydrogen-bond acceptors (Lipinski definition) is 5. The summed E-state index contributed by atoms with van der Waals surface area (Å²) in [5.74, 6) is -0.565. The van der Waals surface area contributed by atoms with E-state index in [2.05, 4.69) is 0 Å². The number of Topliss-reactive ketones (excluding diaryl/α,β-unsaturated/α-hetero) is 2. The summed E-state index contributed by atoms with van der Waals surface area (Å²) in [6, 6.07) is 11.9. The molecular weight excluding hydrogens is 506 g/mol. The van der Waals surface area contributed by atoms with Crippen LogP contribution in [0, 0.1) is 24.7 Å². The third-order valence-corrected chi connectivity index (χ3v) is 9.98. The summed E-state index contributed by atoms with van der Waals surface area (Å²) < 4.78 is 4.09. The number of nitrogens with zero attached hydrogens (tertiary/aromatic N) is 3. The Morgan fingerprint density at radius 3 is 2.08 bits per heavy atom. The van der Waals surface area contributed by atoms with Gasteiger partial charge in [0.25, 0.3) is 0 Å². The van der Waals surface area contributed by atoms with Crippen LogP contribution < -0.4 is 11.4 Å². The number of para-hydroxylation sites is 1. The minimum atomic E-state index is -1.15. The summed E-state index contributed by atoms with van der Waals surface area (Å²) in [7, 11) is 0. The average Bonchev–Trinajstić information content (AvgIpc) is 3.19. The molecule has 206 valence electrons. The molecule has 1 aromatic heterocycles. The first-order valence-electron chi connectivity index (χ1n) is 13.6. The third kappa shape index (κ3) is 3.07. The third-order valence-electron chi connectivity index (χ3n) is 9.98. The van der Waals surface area contributed by atoms with Gasteiger partial charge in [0.05, 0.1) is 23.7 Å². The van der Waals surface area contributed by atoms with Crippen LogP contribution >= 0.6 is 0 Å². The van der Waals surface area contributed by atoms with Crippen molar-refractivity contribution in [1.82, 2.24) is 13.9 Å². The fraction of sp³-hybridized carbons (Fsp3) is 0.375. The zero-order chi connectivity index (χ0) is 28.9. The number of allylic oxidation sites excluding steroid dienone is 4. The second-order valence-electron chi connectivity index (χ2n) is 12.0. The lowest BCUT2D eigenvalue weighted by molar-refractivity contribution is -0.151. The number of phenols is 1. The highest BCUT2D eigenvalue weighted by Gasteiger charge is 2.66. The molecule has 40 heavy (non-hydrogen) atoms. The lowest BCUT2D eigenvalue weighted by Gasteiger charge is -2.58. The number of phenolic OH excluding ortho intramolecular Hbond substituents is 1. The molecule has 3 aromatic rings. The number of aromatic hydroxyl groups is 1. The molecule has 0 bridgehead atoms. The number of rotatable bonds is 2. The molecule has 2 aliphatic carbocycles. The number of benzene rings is 2. The molecule has 6 rings (SSSR count). The van der Waals surface area contributed by atoms with Crippen LogP contribution in [-0.2, 0) is 16.1 Å². The molecule has 8 heteroatoms. The van der Waals surface area contributed by atoms with Gasteiger partial charge in [-0.15, -0.1) is 0 Å². The quantitative estimate of drug-likeness (QED) is 0.490. The van der Waals surface area contributed by atoms with Gasteiger partial charge in [-0.1, -0.05) is 50.3 Å². The molecule has 1 aliphatic heterocycles. The van der Waals surface area contributed by atoms with Crippen LogP contribution in [0.15, 0.2) is 74.8 Å². The van der Waals surface area contributed by atoms with Crippen molar-refractivity contribution in [3.63, 3.8) is 0 Å². The first-order chi connectivity index (χ1) is 18.8. The van der Waals surface area contributed by atoms with Crippen LogP contribution in [0.5, 0.6) is 5.75 Å². The second kappa shape index (κ2) is 8.40. The topological polar surface area (TPSA) is 103 Å². The predicted octanol–water partition coefficient (Wildman–Crippen LogP) is 4.29. The maximum atomic E-state index is 14.3. The van der Waals surface area contributed by atoms with E-state index < -0.39 is 34.2 Å². The minimum absolute atomic E-state index is 0.0861. The van der Waals surface area contributed by atoms with Gasteiger partial charge in [0.2, 0.25) is 0 Å². The van der Waals surface area contributed by atoms with Crippen molar-refractivity contribution < 1.29 is 14.7 Å². The Morgan fingerprint density at radius 1 is 0.850 bits per heavy atom. The summed E-state index contributed by atoms with van der Waals surface area (Å²) in [6.07, 6.45) is 2.15. The Hall–Kier alpha value is -4.20. The first kappa shape index (κ1) is 26.0. The van der Waals surface area contributed by atoms with Gasteiger partial charge >= 0.3 is 11.4 Å². The summed E-state index contributed by atoms with van der Waals surface area (Å²) in [5, 5.41) is 10.6. The van der Waals surface area contributed by atoms with Gasteiger partial charge < -0.3 is 5.11 Å². The molecule has 1 fully saturated rings. The van der Waals surface area contributed by atoms with Crippen molar-refractivity contribution in [2.75, 3.05) is 0 Å². The van der Waals surface area contributed by atoms with E-state index in [-0.39, 0.29) is 30.3 Å². The molecule has 0 spiro atoms. The molecule has 4 unspecified atom stereocenters. The predicted molar refractivity (Wildman–Crippen MR) is 151 cm³/mol. The van der Waals surface area contributed by atoms with E-state index in [4.69, 9.17) is 0 Å². The summed E-state index contributed by atoms with van der Waals surface area (Å²) in [4.78, 5) is 55.9. The number of hydrogen-bond donors (Lipinski definition) is 1. The second-order valence-corrected chi connectivity index (χ2v) is 12.0. The molecule has 4 atom stereocenters. The zero-order valence-electron chi connectivity index (χ0n) is 23.6. The van der Waals surface area contributed by atoms with Crippen LogP contribution in [0.4, 0.5) is 0 Å². The fourth-order valence-corrected chi connectivity index (χ4v) is 7.53. The summed E-state index contributed by atoms with van der Waals surface area (Å²) in [6.45, 7) is 10.9. The standard InChI is InChI=1S/C32H33N3O5/c1-17-14-21(15-18(2)26(17)36)25-23-12-13-33-29(39)34(22-10-8-7-9-11-22)30(40)35(33)24(23)16-31(5)27(37)19(3)20(4)28(38)32(25,31)6/h7-12,14-15,24-25,36H,13,16H2,1-6H3. The van der Waals surface area contributed by atoms with Crippen LogP contribution in [0.1, 0.15) is 62.8 Å². The monoisotopic (exact) mass is 539 g/mol. The van der Waals surface area contributed by atoms with Gasteiger partial charge in [-0.3, -0.25) is 9.59 Å². The highest BCUT2D eigenvalue weighted by atomic mass is 16.3. The van der Waals surface area contributed by atoms with E-state index in [0.29, 0.717) is 28.0 Å². The maximum Gasteiger partial charge on any atom is 0.352 e. The molecule has 2 aromatic carbocycles. The number of aromatic nitrogens is 3. The number of aryl methyl sites for hydroxylation is 2. The van der Waals surface area contributed by atoms with E-state index in [1.54, 1.807) is 38.1 Å². The molecule has 1 saturated carbocycles. The number of carbonyl (C=O) groups excluding carboxylic acids is 2. The SMILES string of the molecule is CC1=C(C)C(=O)C2(C)C(c3cc(C)c(O)c(C)c3)C3=CCn4c(=O)n(-c5ccccc5)c(=O)n4C3CC2(C)C1=O. The van der Waals surface area contributed by atoms with Crippen molar-refractivity contribution >= 4 is 11.6 Å². The smallest absolute Gasteiger partial charge is 0.352 e. The van der Waals surface area contributed by atoms with E-state index in [1.807, 2.05) is 52.0 Å².